The zero-order valence-corrected chi connectivity index (χ0v) is 18.0. The molecule has 160 valence electrons. The van der Waals surface area contributed by atoms with E-state index in [2.05, 4.69) is 4.57 Å². The highest BCUT2D eigenvalue weighted by Crippen LogP contribution is 2.33. The summed E-state index contributed by atoms with van der Waals surface area (Å²) >= 11 is 1.53. The van der Waals surface area contributed by atoms with E-state index in [4.69, 9.17) is 14.5 Å². The Balaban J connectivity index is 1.60. The number of hydrogen-bond donors (Lipinski definition) is 0. The summed E-state index contributed by atoms with van der Waals surface area (Å²) in [6, 6.07) is 20.5. The Kier molecular flexibility index (Phi) is 5.20. The Morgan fingerprint density at radius 3 is 2.66 bits per heavy atom. The molecular weight excluding hydrogens is 426 g/mol. The van der Waals surface area contributed by atoms with E-state index < -0.39 is 4.92 Å². The molecule has 0 saturated carbocycles. The average Bonchev–Trinajstić information content (AvgIpc) is 3.41. The third-order valence-electron chi connectivity index (χ3n) is 5.18. The molecule has 3 aromatic carbocycles. The topological polar surface area (TPSA) is 78.9 Å². The molecule has 0 radical (unpaired) electrons. The third-order valence-corrected chi connectivity index (χ3v) is 6.04. The zero-order valence-electron chi connectivity index (χ0n) is 17.2. The van der Waals surface area contributed by atoms with Gasteiger partial charge in [0, 0.05) is 17.5 Å². The molecular formula is C24H19N3O4S. The minimum Gasteiger partial charge on any atom is -0.454 e. The van der Waals surface area contributed by atoms with Crippen LogP contribution in [0.2, 0.25) is 0 Å². The van der Waals surface area contributed by atoms with Crippen LogP contribution in [0.1, 0.15) is 11.1 Å². The molecule has 0 spiro atoms. The molecule has 8 heteroatoms. The first-order chi connectivity index (χ1) is 15.6. The molecule has 0 atom stereocenters. The number of non-ortho nitro benzene ring substituents is 1. The standard InChI is InChI=1S/C24H19N3O4S/c1-16-3-2-4-19(11-16)25-24-26(13-17-5-10-22-23(12-17)31-15-30-22)21(14-32-24)18-6-8-20(9-7-18)27(28)29/h2-12,14H,13,15H2,1H3. The first kappa shape index (κ1) is 20.0. The molecule has 0 N–H and O–H groups in total. The highest BCUT2D eigenvalue weighted by Gasteiger charge is 2.16. The van der Waals surface area contributed by atoms with Gasteiger partial charge < -0.3 is 14.0 Å². The predicted octanol–water partition coefficient (Wildman–Crippen LogP) is 5.44. The van der Waals surface area contributed by atoms with E-state index in [9.17, 15) is 10.1 Å². The second-order valence-electron chi connectivity index (χ2n) is 7.43. The SMILES string of the molecule is Cc1cccc(N=c2scc(-c3ccc([N+](=O)[O-])cc3)n2Cc2ccc3c(c2)OCO3)c1. The molecule has 0 fully saturated rings. The molecule has 32 heavy (non-hydrogen) atoms. The van der Waals surface area contributed by atoms with Crippen LogP contribution >= 0.6 is 11.3 Å². The van der Waals surface area contributed by atoms with E-state index in [0.717, 1.165) is 44.4 Å². The number of nitro benzene ring substituents is 1. The van der Waals surface area contributed by atoms with Gasteiger partial charge in [-0.1, -0.05) is 18.2 Å². The maximum Gasteiger partial charge on any atom is 0.269 e. The molecule has 2 heterocycles. The fourth-order valence-electron chi connectivity index (χ4n) is 3.59. The van der Waals surface area contributed by atoms with Gasteiger partial charge in [-0.3, -0.25) is 10.1 Å². The van der Waals surface area contributed by atoms with Gasteiger partial charge in [-0.25, -0.2) is 4.99 Å². The lowest BCUT2D eigenvalue weighted by Gasteiger charge is -2.10. The Morgan fingerprint density at radius 2 is 1.88 bits per heavy atom. The van der Waals surface area contributed by atoms with Crippen molar-refractivity contribution < 1.29 is 14.4 Å². The van der Waals surface area contributed by atoms with Crippen LogP contribution < -0.4 is 14.3 Å². The lowest BCUT2D eigenvalue weighted by atomic mass is 10.1. The van der Waals surface area contributed by atoms with Gasteiger partial charge in [0.15, 0.2) is 16.3 Å². The fourth-order valence-corrected chi connectivity index (χ4v) is 4.51. The fraction of sp³-hybridized carbons (Fsp3) is 0.125. The van der Waals surface area contributed by atoms with Crippen molar-refractivity contribution in [3.8, 4) is 22.8 Å². The third kappa shape index (κ3) is 4.00. The number of rotatable bonds is 5. The molecule has 1 aromatic heterocycles. The van der Waals surface area contributed by atoms with Crippen LogP contribution in [0.5, 0.6) is 11.5 Å². The van der Waals surface area contributed by atoms with Crippen LogP contribution in [0.4, 0.5) is 11.4 Å². The number of nitrogens with zero attached hydrogens (tertiary/aromatic N) is 3. The number of aromatic nitrogens is 1. The van der Waals surface area contributed by atoms with Gasteiger partial charge >= 0.3 is 0 Å². The van der Waals surface area contributed by atoms with Crippen molar-refractivity contribution in [3.05, 3.63) is 98.2 Å². The lowest BCUT2D eigenvalue weighted by Crippen LogP contribution is -2.16. The van der Waals surface area contributed by atoms with E-state index in [1.54, 1.807) is 12.1 Å². The Hall–Kier alpha value is -3.91. The molecule has 7 nitrogen and oxygen atoms in total. The first-order valence-electron chi connectivity index (χ1n) is 10.00. The van der Waals surface area contributed by atoms with E-state index in [-0.39, 0.29) is 12.5 Å². The van der Waals surface area contributed by atoms with Crippen molar-refractivity contribution in [3.63, 3.8) is 0 Å². The summed E-state index contributed by atoms with van der Waals surface area (Å²) < 4.78 is 13.1. The summed E-state index contributed by atoms with van der Waals surface area (Å²) in [6.45, 7) is 2.83. The monoisotopic (exact) mass is 445 g/mol. The van der Waals surface area contributed by atoms with Crippen molar-refractivity contribution >= 4 is 22.7 Å². The molecule has 0 bridgehead atoms. The second-order valence-corrected chi connectivity index (χ2v) is 8.27. The molecule has 0 amide bonds. The summed E-state index contributed by atoms with van der Waals surface area (Å²) in [5, 5.41) is 13.1. The van der Waals surface area contributed by atoms with E-state index in [1.807, 2.05) is 54.8 Å². The van der Waals surface area contributed by atoms with Crippen LogP contribution in [-0.2, 0) is 6.54 Å². The smallest absolute Gasteiger partial charge is 0.269 e. The van der Waals surface area contributed by atoms with Crippen LogP contribution in [0.15, 0.2) is 77.1 Å². The maximum atomic E-state index is 11.0. The summed E-state index contributed by atoms with van der Waals surface area (Å²) in [4.78, 5) is 16.4. The molecule has 5 rings (SSSR count). The van der Waals surface area contributed by atoms with Gasteiger partial charge in [-0.15, -0.1) is 11.3 Å². The Morgan fingerprint density at radius 1 is 1.06 bits per heavy atom. The van der Waals surface area contributed by atoms with Crippen LogP contribution in [0.3, 0.4) is 0 Å². The first-order valence-corrected chi connectivity index (χ1v) is 10.9. The molecule has 0 aliphatic carbocycles. The second kappa shape index (κ2) is 8.32. The number of hydrogen-bond acceptors (Lipinski definition) is 6. The van der Waals surface area contributed by atoms with Gasteiger partial charge in [0.25, 0.3) is 5.69 Å². The Bertz CT molecular complexity index is 1370. The van der Waals surface area contributed by atoms with E-state index in [0.29, 0.717) is 6.54 Å². The van der Waals surface area contributed by atoms with Gasteiger partial charge in [0.1, 0.15) is 0 Å². The number of aryl methyl sites for hydroxylation is 1. The number of ether oxygens (including phenoxy) is 2. The van der Waals surface area contributed by atoms with Gasteiger partial charge in [-0.2, -0.15) is 0 Å². The number of fused-ring (bicyclic) bond motifs is 1. The summed E-state index contributed by atoms with van der Waals surface area (Å²) in [5.41, 5.74) is 4.95. The highest BCUT2D eigenvalue weighted by molar-refractivity contribution is 7.07. The number of benzene rings is 3. The summed E-state index contributed by atoms with van der Waals surface area (Å²) in [6.07, 6.45) is 0. The molecule has 1 aliphatic rings. The highest BCUT2D eigenvalue weighted by atomic mass is 32.1. The van der Waals surface area contributed by atoms with Gasteiger partial charge in [-0.05, 0) is 60.0 Å². The van der Waals surface area contributed by atoms with Crippen molar-refractivity contribution in [2.24, 2.45) is 4.99 Å². The summed E-state index contributed by atoms with van der Waals surface area (Å²) in [7, 11) is 0. The van der Waals surface area contributed by atoms with Crippen LogP contribution in [0.25, 0.3) is 11.3 Å². The summed E-state index contributed by atoms with van der Waals surface area (Å²) in [5.74, 6) is 1.47. The number of nitro groups is 1. The minimum absolute atomic E-state index is 0.0657. The van der Waals surface area contributed by atoms with Crippen molar-refractivity contribution in [1.82, 2.24) is 4.57 Å². The van der Waals surface area contributed by atoms with Crippen LogP contribution in [-0.4, -0.2) is 16.3 Å². The number of thiazole rings is 1. The van der Waals surface area contributed by atoms with Crippen molar-refractivity contribution in [2.45, 2.75) is 13.5 Å². The molecule has 4 aromatic rings. The largest absolute Gasteiger partial charge is 0.454 e. The normalized spacial score (nSPS) is 12.8. The minimum atomic E-state index is -0.392. The van der Waals surface area contributed by atoms with Gasteiger partial charge in [0.05, 0.1) is 22.8 Å². The van der Waals surface area contributed by atoms with E-state index >= 15 is 0 Å². The van der Waals surface area contributed by atoms with Gasteiger partial charge in [0.2, 0.25) is 6.79 Å². The van der Waals surface area contributed by atoms with Crippen molar-refractivity contribution in [1.29, 1.82) is 0 Å². The van der Waals surface area contributed by atoms with E-state index in [1.165, 1.54) is 23.5 Å². The molecule has 1 aliphatic heterocycles. The molecule has 0 saturated heterocycles. The Labute approximate surface area is 188 Å². The lowest BCUT2D eigenvalue weighted by molar-refractivity contribution is -0.384. The quantitative estimate of drug-likeness (QED) is 0.303. The van der Waals surface area contributed by atoms with Crippen LogP contribution in [0, 0.1) is 17.0 Å². The maximum absolute atomic E-state index is 11.0. The molecule has 0 unspecified atom stereocenters. The predicted molar refractivity (Wildman–Crippen MR) is 122 cm³/mol. The van der Waals surface area contributed by atoms with Crippen molar-refractivity contribution in [2.75, 3.05) is 6.79 Å². The average molecular weight is 446 g/mol. The zero-order chi connectivity index (χ0) is 22.1.